The van der Waals surface area contributed by atoms with Crippen LogP contribution in [0.15, 0.2) is 42.5 Å². The van der Waals surface area contributed by atoms with Gasteiger partial charge in [-0.05, 0) is 49.7 Å². The summed E-state index contributed by atoms with van der Waals surface area (Å²) in [5, 5.41) is 2.48. The van der Waals surface area contributed by atoms with Crippen LogP contribution in [0.4, 0.5) is 32.0 Å². The lowest BCUT2D eigenvalue weighted by atomic mass is 10.1. The largest absolute Gasteiger partial charge is 0.481 e. The molecule has 2 rings (SSSR count). The Labute approximate surface area is 150 Å². The number of anilines is 1. The van der Waals surface area contributed by atoms with Crippen molar-refractivity contribution >= 4 is 11.6 Å². The van der Waals surface area contributed by atoms with Gasteiger partial charge >= 0.3 is 12.4 Å². The van der Waals surface area contributed by atoms with E-state index < -0.39 is 41.2 Å². The van der Waals surface area contributed by atoms with Gasteiger partial charge in [0.25, 0.3) is 5.91 Å². The quantitative estimate of drug-likeness (QED) is 0.705. The van der Waals surface area contributed by atoms with Crippen LogP contribution < -0.4 is 10.1 Å². The first kappa shape index (κ1) is 20.6. The van der Waals surface area contributed by atoms with Gasteiger partial charge in [-0.3, -0.25) is 4.79 Å². The SMILES string of the molecule is Cc1cccc(NC(=O)C(C)Oc2cc(C(F)(F)F)cc(C(F)(F)F)c2)c1. The number of carbonyl (C=O) groups excluding carboxylic acids is 1. The van der Waals surface area contributed by atoms with Crippen molar-refractivity contribution in [3.63, 3.8) is 0 Å². The molecule has 146 valence electrons. The van der Waals surface area contributed by atoms with Crippen LogP contribution in [0.5, 0.6) is 5.75 Å². The van der Waals surface area contributed by atoms with E-state index >= 15 is 0 Å². The molecule has 2 aromatic rings. The molecule has 0 aliphatic carbocycles. The monoisotopic (exact) mass is 391 g/mol. The summed E-state index contributed by atoms with van der Waals surface area (Å²) in [6.07, 6.45) is -11.3. The number of carbonyl (C=O) groups is 1. The maximum atomic E-state index is 12.9. The van der Waals surface area contributed by atoms with E-state index in [1.54, 1.807) is 31.2 Å². The summed E-state index contributed by atoms with van der Waals surface area (Å²) in [7, 11) is 0. The molecule has 27 heavy (non-hydrogen) atoms. The molecule has 0 aliphatic rings. The van der Waals surface area contributed by atoms with E-state index in [9.17, 15) is 31.1 Å². The molecule has 0 heterocycles. The van der Waals surface area contributed by atoms with Gasteiger partial charge in [0.15, 0.2) is 6.10 Å². The molecule has 0 saturated heterocycles. The van der Waals surface area contributed by atoms with Gasteiger partial charge in [0.1, 0.15) is 5.75 Å². The zero-order valence-corrected chi connectivity index (χ0v) is 14.2. The minimum absolute atomic E-state index is 0.00958. The second-order valence-electron chi connectivity index (χ2n) is 5.86. The van der Waals surface area contributed by atoms with Crippen LogP contribution in [0.1, 0.15) is 23.6 Å². The summed E-state index contributed by atoms with van der Waals surface area (Å²) >= 11 is 0. The van der Waals surface area contributed by atoms with Crippen molar-refractivity contribution in [1.29, 1.82) is 0 Å². The van der Waals surface area contributed by atoms with E-state index in [2.05, 4.69) is 5.32 Å². The summed E-state index contributed by atoms with van der Waals surface area (Å²) in [5.41, 5.74) is -1.75. The normalized spacial score (nSPS) is 13.2. The summed E-state index contributed by atoms with van der Waals surface area (Å²) in [6.45, 7) is 3.01. The summed E-state index contributed by atoms with van der Waals surface area (Å²) in [4.78, 5) is 12.1. The lowest BCUT2D eigenvalue weighted by molar-refractivity contribution is -0.143. The van der Waals surface area contributed by atoms with Gasteiger partial charge in [-0.15, -0.1) is 0 Å². The van der Waals surface area contributed by atoms with Crippen molar-refractivity contribution in [2.45, 2.75) is 32.3 Å². The van der Waals surface area contributed by atoms with Crippen molar-refractivity contribution in [3.8, 4) is 5.75 Å². The van der Waals surface area contributed by atoms with Gasteiger partial charge in [-0.1, -0.05) is 12.1 Å². The summed E-state index contributed by atoms with van der Waals surface area (Å²) < 4.78 is 82.2. The molecule has 0 spiro atoms. The molecule has 2 aromatic carbocycles. The smallest absolute Gasteiger partial charge is 0.416 e. The first-order valence-corrected chi connectivity index (χ1v) is 7.70. The van der Waals surface area contributed by atoms with E-state index in [4.69, 9.17) is 4.74 Å². The van der Waals surface area contributed by atoms with Gasteiger partial charge in [-0.25, -0.2) is 0 Å². The topological polar surface area (TPSA) is 38.3 Å². The number of hydrogen-bond acceptors (Lipinski definition) is 2. The van der Waals surface area contributed by atoms with E-state index in [1.807, 2.05) is 0 Å². The van der Waals surface area contributed by atoms with Crippen LogP contribution in [0, 0.1) is 6.92 Å². The Balaban J connectivity index is 2.23. The van der Waals surface area contributed by atoms with E-state index in [1.165, 1.54) is 6.92 Å². The molecule has 0 aromatic heterocycles. The van der Waals surface area contributed by atoms with Gasteiger partial charge < -0.3 is 10.1 Å². The third kappa shape index (κ3) is 5.63. The van der Waals surface area contributed by atoms with Crippen LogP contribution in [0.25, 0.3) is 0 Å². The number of aryl methyl sites for hydroxylation is 1. The molecule has 1 atom stereocenters. The number of nitrogens with one attached hydrogen (secondary N) is 1. The first-order chi connectivity index (χ1) is 12.4. The standard InChI is InChI=1S/C18H15F6NO2/c1-10-4-3-5-14(6-10)25-16(26)11(2)27-15-8-12(17(19,20)21)7-13(9-15)18(22,23)24/h3-9,11H,1-2H3,(H,25,26). The molecule has 0 radical (unpaired) electrons. The maximum absolute atomic E-state index is 12.9. The first-order valence-electron chi connectivity index (χ1n) is 7.70. The van der Waals surface area contributed by atoms with Crippen molar-refractivity contribution < 1.29 is 35.9 Å². The molecule has 9 heteroatoms. The van der Waals surface area contributed by atoms with Crippen LogP contribution in [-0.4, -0.2) is 12.0 Å². The fourth-order valence-corrected chi connectivity index (χ4v) is 2.22. The number of alkyl halides is 6. The summed E-state index contributed by atoms with van der Waals surface area (Å²) in [5.74, 6) is -1.42. The predicted molar refractivity (Wildman–Crippen MR) is 86.3 cm³/mol. The van der Waals surface area contributed by atoms with Gasteiger partial charge in [-0.2, -0.15) is 26.3 Å². The Morgan fingerprint density at radius 1 is 0.963 bits per heavy atom. The number of halogens is 6. The third-order valence-corrected chi connectivity index (χ3v) is 3.53. The average molecular weight is 391 g/mol. The molecule has 1 N–H and O–H groups in total. The molecule has 0 aliphatic heterocycles. The van der Waals surface area contributed by atoms with E-state index in [0.29, 0.717) is 17.8 Å². The lowest BCUT2D eigenvalue weighted by Crippen LogP contribution is -2.30. The lowest BCUT2D eigenvalue weighted by Gasteiger charge is -2.18. The van der Waals surface area contributed by atoms with Crippen molar-refractivity contribution in [1.82, 2.24) is 0 Å². The zero-order chi connectivity index (χ0) is 20.4. The minimum Gasteiger partial charge on any atom is -0.481 e. The Hall–Kier alpha value is -2.71. The van der Waals surface area contributed by atoms with Crippen molar-refractivity contribution in [2.24, 2.45) is 0 Å². The number of benzene rings is 2. The Morgan fingerprint density at radius 3 is 2.00 bits per heavy atom. The number of hydrogen-bond donors (Lipinski definition) is 1. The maximum Gasteiger partial charge on any atom is 0.416 e. The minimum atomic E-state index is -4.99. The van der Waals surface area contributed by atoms with Crippen LogP contribution >= 0.6 is 0 Å². The van der Waals surface area contributed by atoms with Gasteiger partial charge in [0, 0.05) is 5.69 Å². The summed E-state index contributed by atoms with van der Waals surface area (Å²) in [6, 6.07) is 7.54. The predicted octanol–water partition coefficient (Wildman–Crippen LogP) is 5.44. The number of ether oxygens (including phenoxy) is 1. The molecule has 0 bridgehead atoms. The van der Waals surface area contributed by atoms with Crippen LogP contribution in [0.3, 0.4) is 0 Å². The molecule has 3 nitrogen and oxygen atoms in total. The second-order valence-corrected chi connectivity index (χ2v) is 5.86. The van der Waals surface area contributed by atoms with Gasteiger partial charge in [0.05, 0.1) is 11.1 Å². The molecule has 1 unspecified atom stereocenters. The number of rotatable bonds is 4. The number of amides is 1. The molecule has 0 fully saturated rings. The van der Waals surface area contributed by atoms with Crippen molar-refractivity contribution in [2.75, 3.05) is 5.32 Å². The molecule has 1 amide bonds. The van der Waals surface area contributed by atoms with E-state index in [0.717, 1.165) is 5.56 Å². The van der Waals surface area contributed by atoms with E-state index in [-0.39, 0.29) is 6.07 Å². The highest BCUT2D eigenvalue weighted by Gasteiger charge is 2.37. The molecular formula is C18H15F6NO2. The Kier molecular flexibility index (Phi) is 5.72. The second kappa shape index (κ2) is 7.50. The highest BCUT2D eigenvalue weighted by atomic mass is 19.4. The molecule has 0 saturated carbocycles. The Bertz CT molecular complexity index is 797. The molecular weight excluding hydrogens is 376 g/mol. The van der Waals surface area contributed by atoms with Crippen molar-refractivity contribution in [3.05, 3.63) is 59.2 Å². The zero-order valence-electron chi connectivity index (χ0n) is 14.2. The fourth-order valence-electron chi connectivity index (χ4n) is 2.22. The van der Waals surface area contributed by atoms with Gasteiger partial charge in [0.2, 0.25) is 0 Å². The highest BCUT2D eigenvalue weighted by molar-refractivity contribution is 5.94. The Morgan fingerprint density at radius 2 is 1.52 bits per heavy atom. The van der Waals surface area contributed by atoms with Crippen LogP contribution in [0.2, 0.25) is 0 Å². The average Bonchev–Trinajstić information content (AvgIpc) is 2.52. The fraction of sp³-hybridized carbons (Fsp3) is 0.278. The third-order valence-electron chi connectivity index (χ3n) is 3.53. The van der Waals surface area contributed by atoms with Crippen LogP contribution in [-0.2, 0) is 17.1 Å². The highest BCUT2D eigenvalue weighted by Crippen LogP contribution is 2.38.